The summed E-state index contributed by atoms with van der Waals surface area (Å²) in [5.41, 5.74) is 0. The fourth-order valence-electron chi connectivity index (χ4n) is 1.24. The summed E-state index contributed by atoms with van der Waals surface area (Å²) < 4.78 is 26.7. The second kappa shape index (κ2) is 4.18. The van der Waals surface area contributed by atoms with E-state index in [2.05, 4.69) is 10.0 Å². The van der Waals surface area contributed by atoms with Crippen molar-refractivity contribution in [3.63, 3.8) is 0 Å². The Balaban J connectivity index is 2.54. The van der Waals surface area contributed by atoms with E-state index in [1.54, 1.807) is 6.92 Å². The minimum atomic E-state index is -3.17. The van der Waals surface area contributed by atoms with E-state index in [-0.39, 0.29) is 0 Å². The molecule has 72 valence electrons. The zero-order valence-corrected chi connectivity index (χ0v) is 8.10. The minimum absolute atomic E-state index is 0.461. The van der Waals surface area contributed by atoms with Gasteiger partial charge >= 0.3 is 0 Å². The van der Waals surface area contributed by atoms with Crippen molar-refractivity contribution in [2.45, 2.75) is 6.92 Å². The van der Waals surface area contributed by atoms with Gasteiger partial charge in [-0.1, -0.05) is 6.92 Å². The predicted octanol–water partition coefficient (Wildman–Crippen LogP) is -2.28. The molecule has 1 saturated heterocycles. The average Bonchev–Trinajstić information content (AvgIpc) is 2.06. The highest BCUT2D eigenvalue weighted by molar-refractivity contribution is 7.87. The number of hydrogen-bond acceptors (Lipinski definition) is 2. The van der Waals surface area contributed by atoms with Crippen molar-refractivity contribution in [2.24, 2.45) is 0 Å². The summed E-state index contributed by atoms with van der Waals surface area (Å²) in [6.45, 7) is 5.22. The van der Waals surface area contributed by atoms with E-state index in [1.165, 1.54) is 4.31 Å². The van der Waals surface area contributed by atoms with Crippen LogP contribution in [0.1, 0.15) is 6.92 Å². The molecule has 0 aromatic heterocycles. The minimum Gasteiger partial charge on any atom is -0.344 e. The molecule has 1 aliphatic rings. The van der Waals surface area contributed by atoms with Gasteiger partial charge in [-0.15, -0.1) is 0 Å². The lowest BCUT2D eigenvalue weighted by Crippen LogP contribution is -2.90. The first-order chi connectivity index (χ1) is 5.67. The van der Waals surface area contributed by atoms with E-state index >= 15 is 0 Å². The number of quaternary nitrogens is 1. The Morgan fingerprint density at radius 2 is 2.00 bits per heavy atom. The Morgan fingerprint density at radius 3 is 2.50 bits per heavy atom. The van der Waals surface area contributed by atoms with Gasteiger partial charge in [-0.3, -0.25) is 0 Å². The van der Waals surface area contributed by atoms with Crippen LogP contribution in [0.3, 0.4) is 0 Å². The third-order valence-electron chi connectivity index (χ3n) is 1.83. The first-order valence-corrected chi connectivity index (χ1v) is 5.67. The molecule has 0 aromatic rings. The molecule has 0 aliphatic carbocycles. The van der Waals surface area contributed by atoms with Crippen molar-refractivity contribution in [1.29, 1.82) is 0 Å². The summed E-state index contributed by atoms with van der Waals surface area (Å²) in [5, 5.41) is 2.12. The molecule has 0 amide bonds. The normalized spacial score (nSPS) is 21.1. The van der Waals surface area contributed by atoms with E-state index in [9.17, 15) is 8.42 Å². The quantitative estimate of drug-likeness (QED) is 0.531. The molecule has 12 heavy (non-hydrogen) atoms. The molecule has 1 heterocycles. The van der Waals surface area contributed by atoms with Crippen molar-refractivity contribution in [2.75, 3.05) is 32.7 Å². The Labute approximate surface area is 73.3 Å². The highest BCUT2D eigenvalue weighted by Crippen LogP contribution is 1.96. The third-order valence-corrected chi connectivity index (χ3v) is 3.53. The molecule has 5 nitrogen and oxygen atoms in total. The molecule has 0 unspecified atom stereocenters. The zero-order valence-electron chi connectivity index (χ0n) is 7.28. The molecule has 6 heteroatoms. The second-order valence-electron chi connectivity index (χ2n) is 2.77. The summed E-state index contributed by atoms with van der Waals surface area (Å²) in [7, 11) is -3.17. The molecule has 3 N–H and O–H groups in total. The summed E-state index contributed by atoms with van der Waals surface area (Å²) >= 11 is 0. The molecule has 1 aliphatic heterocycles. The molecule has 0 atom stereocenters. The predicted molar refractivity (Wildman–Crippen MR) is 45.8 cm³/mol. The summed E-state index contributed by atoms with van der Waals surface area (Å²) in [4.78, 5) is 0. The van der Waals surface area contributed by atoms with Gasteiger partial charge in [0.25, 0.3) is 10.2 Å². The van der Waals surface area contributed by atoms with Gasteiger partial charge in [-0.25, -0.2) is 4.72 Å². The summed E-state index contributed by atoms with van der Waals surface area (Å²) in [5.74, 6) is 0. The van der Waals surface area contributed by atoms with Crippen molar-refractivity contribution in [3.8, 4) is 0 Å². The van der Waals surface area contributed by atoms with Gasteiger partial charge in [0.05, 0.1) is 26.2 Å². The molecular formula is C6H16N3O2S+. The van der Waals surface area contributed by atoms with Crippen LogP contribution in [0, 0.1) is 0 Å². The van der Waals surface area contributed by atoms with Crippen molar-refractivity contribution in [1.82, 2.24) is 9.03 Å². The topological polar surface area (TPSA) is 66.0 Å². The van der Waals surface area contributed by atoms with Gasteiger partial charge < -0.3 is 5.32 Å². The van der Waals surface area contributed by atoms with E-state index in [4.69, 9.17) is 0 Å². The van der Waals surface area contributed by atoms with Crippen molar-refractivity contribution >= 4 is 10.2 Å². The van der Waals surface area contributed by atoms with E-state index in [0.717, 1.165) is 13.1 Å². The van der Waals surface area contributed by atoms with Crippen LogP contribution in [-0.4, -0.2) is 45.4 Å². The number of hydrogen-bond donors (Lipinski definition) is 2. The monoisotopic (exact) mass is 194 g/mol. The SMILES string of the molecule is CCNS(=O)(=O)N1CC[NH2+]CC1. The van der Waals surface area contributed by atoms with Crippen LogP contribution in [0.15, 0.2) is 0 Å². The van der Waals surface area contributed by atoms with Crippen LogP contribution >= 0.6 is 0 Å². The first-order valence-electron chi connectivity index (χ1n) is 4.23. The van der Waals surface area contributed by atoms with Gasteiger partial charge in [0, 0.05) is 6.54 Å². The standard InChI is InChI=1S/C6H15N3O2S/c1-2-8-12(10,11)9-5-3-7-4-6-9/h7-8H,2-6H2,1H3/p+1. The number of piperazine rings is 1. The van der Waals surface area contributed by atoms with Gasteiger partial charge in [0.2, 0.25) is 0 Å². The molecule has 1 rings (SSSR count). The lowest BCUT2D eigenvalue weighted by atomic mass is 10.4. The second-order valence-corrected chi connectivity index (χ2v) is 4.52. The highest BCUT2D eigenvalue weighted by atomic mass is 32.2. The molecule has 0 bridgehead atoms. The van der Waals surface area contributed by atoms with Crippen LogP contribution in [0.25, 0.3) is 0 Å². The molecule has 0 radical (unpaired) electrons. The molecule has 1 fully saturated rings. The zero-order chi connectivity index (χ0) is 9.03. The molecular weight excluding hydrogens is 178 g/mol. The van der Waals surface area contributed by atoms with Crippen LogP contribution in [0.4, 0.5) is 0 Å². The van der Waals surface area contributed by atoms with Crippen LogP contribution < -0.4 is 10.0 Å². The fourth-order valence-corrected chi connectivity index (χ4v) is 2.48. The maximum Gasteiger partial charge on any atom is 0.279 e. The Kier molecular flexibility index (Phi) is 3.45. The maximum absolute atomic E-state index is 11.4. The maximum atomic E-state index is 11.4. The Morgan fingerprint density at radius 1 is 1.42 bits per heavy atom. The first kappa shape index (κ1) is 9.91. The van der Waals surface area contributed by atoms with E-state index in [0.29, 0.717) is 19.6 Å². The molecule has 0 saturated carbocycles. The Bertz CT molecular complexity index is 221. The lowest BCUT2D eigenvalue weighted by Gasteiger charge is -2.24. The Hall–Kier alpha value is -0.170. The average molecular weight is 194 g/mol. The number of nitrogens with one attached hydrogen (secondary N) is 1. The number of nitrogens with zero attached hydrogens (tertiary/aromatic N) is 1. The van der Waals surface area contributed by atoms with Gasteiger partial charge in [-0.05, 0) is 0 Å². The van der Waals surface area contributed by atoms with Crippen LogP contribution in [-0.2, 0) is 10.2 Å². The number of rotatable bonds is 3. The van der Waals surface area contributed by atoms with Crippen LogP contribution in [0.2, 0.25) is 0 Å². The smallest absolute Gasteiger partial charge is 0.279 e. The molecule has 0 spiro atoms. The third kappa shape index (κ3) is 2.41. The lowest BCUT2D eigenvalue weighted by molar-refractivity contribution is -0.661. The largest absolute Gasteiger partial charge is 0.344 e. The van der Waals surface area contributed by atoms with Gasteiger partial charge in [-0.2, -0.15) is 12.7 Å². The molecule has 0 aromatic carbocycles. The van der Waals surface area contributed by atoms with Gasteiger partial charge in [0.15, 0.2) is 0 Å². The fraction of sp³-hybridized carbons (Fsp3) is 1.00. The van der Waals surface area contributed by atoms with Crippen molar-refractivity contribution in [3.05, 3.63) is 0 Å². The van der Waals surface area contributed by atoms with E-state index in [1.807, 2.05) is 0 Å². The highest BCUT2D eigenvalue weighted by Gasteiger charge is 2.23. The van der Waals surface area contributed by atoms with Crippen molar-refractivity contribution < 1.29 is 13.7 Å². The van der Waals surface area contributed by atoms with E-state index < -0.39 is 10.2 Å². The number of nitrogens with two attached hydrogens (primary N) is 1. The van der Waals surface area contributed by atoms with Gasteiger partial charge in [0.1, 0.15) is 0 Å². The van der Waals surface area contributed by atoms with Crippen LogP contribution in [0.5, 0.6) is 0 Å². The summed E-state index contributed by atoms with van der Waals surface area (Å²) in [6.07, 6.45) is 0. The summed E-state index contributed by atoms with van der Waals surface area (Å²) in [6, 6.07) is 0.